The number of nitrogens with one attached hydrogen (secondary N) is 1. The van der Waals surface area contributed by atoms with Gasteiger partial charge in [0.15, 0.2) is 5.16 Å². The van der Waals surface area contributed by atoms with Crippen molar-refractivity contribution >= 4 is 46.5 Å². The van der Waals surface area contributed by atoms with Crippen LogP contribution in [0.5, 0.6) is 0 Å². The minimum atomic E-state index is -0.191. The number of fused-ring (bicyclic) bond motifs is 1. The monoisotopic (exact) mass is 490 g/mol. The maximum Gasteiger partial charge on any atom is 0.250 e. The van der Waals surface area contributed by atoms with E-state index in [2.05, 4.69) is 48.0 Å². The van der Waals surface area contributed by atoms with Crippen molar-refractivity contribution in [3.05, 3.63) is 94.5 Å². The summed E-state index contributed by atoms with van der Waals surface area (Å²) in [6, 6.07) is 23.9. The van der Waals surface area contributed by atoms with E-state index in [1.807, 2.05) is 60.7 Å². The van der Waals surface area contributed by atoms with Crippen LogP contribution in [0.15, 0.2) is 83.1 Å². The van der Waals surface area contributed by atoms with Crippen molar-refractivity contribution in [2.24, 2.45) is 5.10 Å². The number of halogens is 1. The van der Waals surface area contributed by atoms with Crippen LogP contribution >= 0.6 is 23.4 Å². The molecule has 0 radical (unpaired) electrons. The molecule has 4 rings (SSSR count). The van der Waals surface area contributed by atoms with Gasteiger partial charge in [-0.25, -0.2) is 10.4 Å². The van der Waals surface area contributed by atoms with E-state index in [9.17, 15) is 4.79 Å². The molecule has 1 aromatic heterocycles. The van der Waals surface area contributed by atoms with E-state index < -0.39 is 0 Å². The van der Waals surface area contributed by atoms with Gasteiger partial charge in [-0.3, -0.25) is 4.79 Å². The molecule has 1 heterocycles. The zero-order valence-electron chi connectivity index (χ0n) is 19.5. The predicted octanol–water partition coefficient (Wildman–Crippen LogP) is 6.28. The molecule has 0 saturated heterocycles. The van der Waals surface area contributed by atoms with E-state index in [4.69, 9.17) is 16.6 Å². The summed E-state index contributed by atoms with van der Waals surface area (Å²) in [6.45, 7) is 7.11. The van der Waals surface area contributed by atoms with Gasteiger partial charge in [-0.2, -0.15) is 5.10 Å². The van der Waals surface area contributed by atoms with Crippen LogP contribution in [-0.4, -0.2) is 27.4 Å². The second kappa shape index (κ2) is 10.5. The van der Waals surface area contributed by atoms with E-state index in [0.29, 0.717) is 11.6 Å². The Morgan fingerprint density at radius 2 is 1.76 bits per heavy atom. The minimum absolute atomic E-state index is 0.101. The first kappa shape index (κ1) is 24.0. The number of amides is 1. The molecule has 34 heavy (non-hydrogen) atoms. The number of hydrogen-bond donors (Lipinski definition) is 1. The van der Waals surface area contributed by atoms with Crippen LogP contribution in [0, 0.1) is 0 Å². The molecule has 3 aromatic carbocycles. The summed E-state index contributed by atoms with van der Waals surface area (Å²) in [7, 11) is 0. The molecule has 0 atom stereocenters. The first-order valence-electron chi connectivity index (χ1n) is 11.1. The maximum atomic E-state index is 12.4. The second-order valence-corrected chi connectivity index (χ2v) is 10.4. The predicted molar refractivity (Wildman–Crippen MR) is 142 cm³/mol. The van der Waals surface area contributed by atoms with Crippen molar-refractivity contribution < 1.29 is 4.79 Å². The molecule has 0 aliphatic rings. The van der Waals surface area contributed by atoms with Gasteiger partial charge in [-0.05, 0) is 40.3 Å². The Bertz CT molecular complexity index is 1320. The smallest absolute Gasteiger partial charge is 0.250 e. The highest BCUT2D eigenvalue weighted by Gasteiger charge is 2.15. The molecule has 0 fully saturated rings. The van der Waals surface area contributed by atoms with Gasteiger partial charge < -0.3 is 4.57 Å². The van der Waals surface area contributed by atoms with Gasteiger partial charge in [-0.15, -0.1) is 0 Å². The summed E-state index contributed by atoms with van der Waals surface area (Å²) in [5, 5.41) is 5.58. The second-order valence-electron chi connectivity index (χ2n) is 9.01. The Balaban J connectivity index is 1.41. The maximum absolute atomic E-state index is 12.4. The molecule has 7 heteroatoms. The largest absolute Gasteiger partial charge is 0.314 e. The number of carbonyl (C=O) groups excluding carboxylic acids is 1. The lowest BCUT2D eigenvalue weighted by atomic mass is 9.87. The number of hydrogen-bond acceptors (Lipinski definition) is 4. The lowest BCUT2D eigenvalue weighted by Crippen LogP contribution is -2.20. The lowest BCUT2D eigenvalue weighted by Gasteiger charge is -2.18. The van der Waals surface area contributed by atoms with Crippen LogP contribution in [0.1, 0.15) is 37.5 Å². The zero-order chi connectivity index (χ0) is 24.1. The van der Waals surface area contributed by atoms with Crippen LogP contribution in [0.4, 0.5) is 0 Å². The fraction of sp³-hybridized carbons (Fsp3) is 0.222. The van der Waals surface area contributed by atoms with Crippen LogP contribution in [-0.2, 0) is 16.8 Å². The van der Waals surface area contributed by atoms with Crippen LogP contribution in [0.25, 0.3) is 11.0 Å². The fourth-order valence-electron chi connectivity index (χ4n) is 3.52. The standard InChI is InChI=1S/C27H27ClN4OS/c1-27(2,3)21-14-12-19(13-15-21)16-29-31-25(33)18-34-26-30-23-10-6-7-11-24(23)32(26)17-20-8-4-5-9-22(20)28/h4-16H,17-18H2,1-3H3,(H,31,33). The quantitative estimate of drug-likeness (QED) is 0.188. The van der Waals surface area contributed by atoms with Crippen LogP contribution < -0.4 is 5.43 Å². The SMILES string of the molecule is CC(C)(C)c1ccc(C=NNC(=O)CSc2nc3ccccc3n2Cc2ccccc2Cl)cc1. The number of aromatic nitrogens is 2. The van der Waals surface area contributed by atoms with Crippen molar-refractivity contribution in [3.63, 3.8) is 0 Å². The third-order valence-electron chi connectivity index (χ3n) is 5.42. The number of hydrazone groups is 1. The molecule has 1 N–H and O–H groups in total. The average molecular weight is 491 g/mol. The van der Waals surface area contributed by atoms with Crippen LogP contribution in [0.3, 0.4) is 0 Å². The van der Waals surface area contributed by atoms with Gasteiger partial charge in [0, 0.05) is 5.02 Å². The number of carbonyl (C=O) groups is 1. The van der Waals surface area contributed by atoms with Crippen molar-refractivity contribution in [3.8, 4) is 0 Å². The molecule has 4 aromatic rings. The Hall–Kier alpha value is -3.09. The molecular weight excluding hydrogens is 464 g/mol. The third kappa shape index (κ3) is 5.88. The Morgan fingerprint density at radius 3 is 2.50 bits per heavy atom. The van der Waals surface area contributed by atoms with Crippen molar-refractivity contribution in [1.82, 2.24) is 15.0 Å². The lowest BCUT2D eigenvalue weighted by molar-refractivity contribution is -0.118. The summed E-state index contributed by atoms with van der Waals surface area (Å²) in [5.41, 5.74) is 7.78. The summed E-state index contributed by atoms with van der Waals surface area (Å²) < 4.78 is 2.09. The Labute approximate surface area is 209 Å². The molecule has 174 valence electrons. The van der Waals surface area contributed by atoms with E-state index in [1.54, 1.807) is 6.21 Å². The van der Waals surface area contributed by atoms with Gasteiger partial charge in [0.2, 0.25) is 0 Å². The van der Waals surface area contributed by atoms with E-state index >= 15 is 0 Å². The van der Waals surface area contributed by atoms with Crippen molar-refractivity contribution in [2.45, 2.75) is 37.9 Å². The number of para-hydroxylation sites is 2. The number of thioether (sulfide) groups is 1. The minimum Gasteiger partial charge on any atom is -0.314 e. The Kier molecular flexibility index (Phi) is 7.39. The molecule has 0 bridgehead atoms. The van der Waals surface area contributed by atoms with E-state index in [0.717, 1.165) is 27.3 Å². The molecule has 0 aliphatic heterocycles. The number of imidazole rings is 1. The van der Waals surface area contributed by atoms with Gasteiger partial charge >= 0.3 is 0 Å². The van der Waals surface area contributed by atoms with Gasteiger partial charge in [0.1, 0.15) is 0 Å². The van der Waals surface area contributed by atoms with Gasteiger partial charge in [0.25, 0.3) is 5.91 Å². The normalized spacial score (nSPS) is 11.9. The van der Waals surface area contributed by atoms with E-state index in [-0.39, 0.29) is 17.1 Å². The van der Waals surface area contributed by atoms with Crippen molar-refractivity contribution in [2.75, 3.05) is 5.75 Å². The summed E-state index contributed by atoms with van der Waals surface area (Å²) in [6.07, 6.45) is 1.65. The highest BCUT2D eigenvalue weighted by Crippen LogP contribution is 2.27. The number of nitrogens with zero attached hydrogens (tertiary/aromatic N) is 3. The molecule has 0 aliphatic carbocycles. The van der Waals surface area contributed by atoms with Crippen molar-refractivity contribution in [1.29, 1.82) is 0 Å². The molecule has 1 amide bonds. The first-order valence-corrected chi connectivity index (χ1v) is 12.4. The average Bonchev–Trinajstić information content (AvgIpc) is 3.16. The van der Waals surface area contributed by atoms with Crippen LogP contribution in [0.2, 0.25) is 5.02 Å². The first-order chi connectivity index (χ1) is 16.3. The molecule has 0 spiro atoms. The highest BCUT2D eigenvalue weighted by atomic mass is 35.5. The van der Waals surface area contributed by atoms with E-state index in [1.165, 1.54) is 17.3 Å². The fourth-order valence-corrected chi connectivity index (χ4v) is 4.53. The molecule has 0 unspecified atom stereocenters. The summed E-state index contributed by atoms with van der Waals surface area (Å²) >= 11 is 7.77. The molecular formula is C27H27ClN4OS. The highest BCUT2D eigenvalue weighted by molar-refractivity contribution is 7.99. The van der Waals surface area contributed by atoms with Gasteiger partial charge in [0.05, 0.1) is 29.5 Å². The summed E-state index contributed by atoms with van der Waals surface area (Å²) in [5.74, 6) is 0.00972. The molecule has 0 saturated carbocycles. The number of rotatable bonds is 7. The number of benzene rings is 3. The topological polar surface area (TPSA) is 59.3 Å². The Morgan fingerprint density at radius 1 is 1.06 bits per heavy atom. The third-order valence-corrected chi connectivity index (χ3v) is 6.76. The zero-order valence-corrected chi connectivity index (χ0v) is 21.0. The summed E-state index contributed by atoms with van der Waals surface area (Å²) in [4.78, 5) is 17.2. The van der Waals surface area contributed by atoms with Gasteiger partial charge in [-0.1, -0.05) is 98.7 Å². The molecule has 5 nitrogen and oxygen atoms in total.